The van der Waals surface area contributed by atoms with Crippen LogP contribution in [0.1, 0.15) is 387 Å². The molecule has 0 bridgehead atoms. The third kappa shape index (κ3) is 62.7. The summed E-state index contributed by atoms with van der Waals surface area (Å²) in [5.41, 5.74) is 0. The van der Waals surface area contributed by atoms with Gasteiger partial charge < -0.3 is 14.2 Å². The van der Waals surface area contributed by atoms with Gasteiger partial charge in [0.05, 0.1) is 0 Å². The molecule has 0 rings (SSSR count). The number of carbonyl (C=O) groups excluding carboxylic acids is 3. The standard InChI is InChI=1S/C70H132O6/c1-4-7-10-13-16-18-20-22-24-26-27-28-29-30-31-32-33-34-35-36-37-38-39-40-41-42-43-44-46-47-49-51-54-57-60-63-69(72)75-66-67(65-74-68(71)62-59-56-53-15-12-9-6-3)76-70(73)64-61-58-55-52-50-48-45-25-23-21-19-17-14-11-8-5-2/h25-27,45,67H,4-24,28-44,46-66H2,1-3H3/b27-26-,45-25-. The molecule has 6 nitrogen and oxygen atoms in total. The number of hydrogen-bond donors (Lipinski definition) is 0. The molecule has 0 aliphatic rings. The van der Waals surface area contributed by atoms with E-state index >= 15 is 0 Å². The van der Waals surface area contributed by atoms with Crippen LogP contribution in [0.4, 0.5) is 0 Å². The summed E-state index contributed by atoms with van der Waals surface area (Å²) in [6, 6.07) is 0. The molecule has 0 N–H and O–H groups in total. The average molecular weight is 1070 g/mol. The molecule has 6 heteroatoms. The summed E-state index contributed by atoms with van der Waals surface area (Å²) in [6.07, 6.45) is 79.7. The Labute approximate surface area is 474 Å². The van der Waals surface area contributed by atoms with Crippen molar-refractivity contribution in [3.05, 3.63) is 24.3 Å². The van der Waals surface area contributed by atoms with Crippen LogP contribution < -0.4 is 0 Å². The average Bonchev–Trinajstić information content (AvgIpc) is 3.42. The van der Waals surface area contributed by atoms with E-state index in [1.165, 1.54) is 283 Å². The number of carbonyl (C=O) groups is 3. The normalized spacial score (nSPS) is 12.1. The van der Waals surface area contributed by atoms with Gasteiger partial charge in [-0.25, -0.2) is 0 Å². The first-order valence-corrected chi connectivity index (χ1v) is 34.3. The molecule has 76 heavy (non-hydrogen) atoms. The highest BCUT2D eigenvalue weighted by Gasteiger charge is 2.19. The molecule has 0 spiro atoms. The van der Waals surface area contributed by atoms with Gasteiger partial charge >= 0.3 is 17.9 Å². The summed E-state index contributed by atoms with van der Waals surface area (Å²) >= 11 is 0. The van der Waals surface area contributed by atoms with E-state index in [1.54, 1.807) is 0 Å². The van der Waals surface area contributed by atoms with Gasteiger partial charge in [-0.1, -0.05) is 321 Å². The summed E-state index contributed by atoms with van der Waals surface area (Å²) in [4.78, 5) is 38.0. The van der Waals surface area contributed by atoms with Crippen molar-refractivity contribution in [1.82, 2.24) is 0 Å². The fourth-order valence-electron chi connectivity index (χ4n) is 10.5. The lowest BCUT2D eigenvalue weighted by Crippen LogP contribution is -2.30. The summed E-state index contributed by atoms with van der Waals surface area (Å²) in [5.74, 6) is -0.861. The summed E-state index contributed by atoms with van der Waals surface area (Å²) in [5, 5.41) is 0. The largest absolute Gasteiger partial charge is 0.462 e. The third-order valence-electron chi connectivity index (χ3n) is 15.7. The van der Waals surface area contributed by atoms with Crippen molar-refractivity contribution in [3.63, 3.8) is 0 Å². The molecule has 0 aromatic carbocycles. The van der Waals surface area contributed by atoms with E-state index in [-0.39, 0.29) is 31.1 Å². The molecule has 0 aliphatic heterocycles. The van der Waals surface area contributed by atoms with Gasteiger partial charge in [0.25, 0.3) is 0 Å². The zero-order chi connectivity index (χ0) is 55.0. The van der Waals surface area contributed by atoms with E-state index in [4.69, 9.17) is 14.2 Å². The molecular formula is C70H132O6. The lowest BCUT2D eigenvalue weighted by molar-refractivity contribution is -0.167. The van der Waals surface area contributed by atoms with Crippen molar-refractivity contribution in [3.8, 4) is 0 Å². The van der Waals surface area contributed by atoms with Crippen LogP contribution in [0.15, 0.2) is 24.3 Å². The topological polar surface area (TPSA) is 78.9 Å². The van der Waals surface area contributed by atoms with Gasteiger partial charge in [0.1, 0.15) is 13.2 Å². The molecule has 0 saturated carbocycles. The Morgan fingerprint density at radius 1 is 0.250 bits per heavy atom. The highest BCUT2D eigenvalue weighted by Crippen LogP contribution is 2.18. The van der Waals surface area contributed by atoms with Crippen LogP contribution in [0.5, 0.6) is 0 Å². The predicted octanol–water partition coefficient (Wildman–Crippen LogP) is 23.4. The molecule has 0 aromatic heterocycles. The Balaban J connectivity index is 3.91. The summed E-state index contributed by atoms with van der Waals surface area (Å²) in [7, 11) is 0. The second-order valence-corrected chi connectivity index (χ2v) is 23.4. The molecule has 0 amide bonds. The van der Waals surface area contributed by atoms with E-state index in [0.717, 1.165) is 64.2 Å². The fraction of sp³-hybridized carbons (Fsp3) is 0.900. The van der Waals surface area contributed by atoms with Gasteiger partial charge in [-0.15, -0.1) is 0 Å². The summed E-state index contributed by atoms with van der Waals surface area (Å²) < 4.78 is 16.8. The minimum atomic E-state index is -0.769. The number of rotatable bonds is 64. The highest BCUT2D eigenvalue weighted by atomic mass is 16.6. The van der Waals surface area contributed by atoms with Crippen molar-refractivity contribution >= 4 is 17.9 Å². The Kier molecular flexibility index (Phi) is 63.6. The summed E-state index contributed by atoms with van der Waals surface area (Å²) in [6.45, 7) is 6.64. The number of esters is 3. The van der Waals surface area contributed by atoms with E-state index in [9.17, 15) is 14.4 Å². The molecule has 0 heterocycles. The van der Waals surface area contributed by atoms with Crippen LogP contribution >= 0.6 is 0 Å². The lowest BCUT2D eigenvalue weighted by atomic mass is 10.0. The molecule has 0 saturated heterocycles. The van der Waals surface area contributed by atoms with Crippen molar-refractivity contribution in [2.24, 2.45) is 0 Å². The minimum absolute atomic E-state index is 0.0692. The van der Waals surface area contributed by atoms with Crippen LogP contribution in [-0.4, -0.2) is 37.2 Å². The van der Waals surface area contributed by atoms with Gasteiger partial charge in [-0.3, -0.25) is 14.4 Å². The maximum atomic E-state index is 12.8. The van der Waals surface area contributed by atoms with E-state index < -0.39 is 6.10 Å². The van der Waals surface area contributed by atoms with Crippen LogP contribution in [-0.2, 0) is 28.6 Å². The number of hydrogen-bond acceptors (Lipinski definition) is 6. The van der Waals surface area contributed by atoms with Gasteiger partial charge in [0, 0.05) is 19.3 Å². The molecule has 0 aliphatic carbocycles. The van der Waals surface area contributed by atoms with Crippen molar-refractivity contribution < 1.29 is 28.6 Å². The molecule has 0 radical (unpaired) electrons. The minimum Gasteiger partial charge on any atom is -0.462 e. The third-order valence-corrected chi connectivity index (χ3v) is 15.7. The number of ether oxygens (including phenoxy) is 3. The van der Waals surface area contributed by atoms with Gasteiger partial charge in [0.2, 0.25) is 0 Å². The zero-order valence-corrected chi connectivity index (χ0v) is 51.6. The van der Waals surface area contributed by atoms with Crippen LogP contribution in [0.25, 0.3) is 0 Å². The maximum absolute atomic E-state index is 12.8. The number of allylic oxidation sites excluding steroid dienone is 4. The quantitative estimate of drug-likeness (QED) is 0.0261. The first kappa shape index (κ1) is 73.9. The van der Waals surface area contributed by atoms with Gasteiger partial charge in [0.15, 0.2) is 6.10 Å². The molecule has 448 valence electrons. The smallest absolute Gasteiger partial charge is 0.306 e. The Bertz CT molecular complexity index is 1230. The van der Waals surface area contributed by atoms with Gasteiger partial charge in [-0.05, 0) is 70.6 Å². The van der Waals surface area contributed by atoms with E-state index in [1.807, 2.05) is 0 Å². The van der Waals surface area contributed by atoms with Gasteiger partial charge in [-0.2, -0.15) is 0 Å². The first-order chi connectivity index (χ1) is 37.5. The van der Waals surface area contributed by atoms with E-state index in [2.05, 4.69) is 45.1 Å². The zero-order valence-electron chi connectivity index (χ0n) is 51.6. The van der Waals surface area contributed by atoms with Crippen LogP contribution in [0.3, 0.4) is 0 Å². The Morgan fingerprint density at radius 3 is 0.658 bits per heavy atom. The van der Waals surface area contributed by atoms with Crippen molar-refractivity contribution in [1.29, 1.82) is 0 Å². The lowest BCUT2D eigenvalue weighted by Gasteiger charge is -2.18. The fourth-order valence-corrected chi connectivity index (χ4v) is 10.5. The Morgan fingerprint density at radius 2 is 0.434 bits per heavy atom. The molecule has 1 unspecified atom stereocenters. The second kappa shape index (κ2) is 65.4. The monoisotopic (exact) mass is 1070 g/mol. The van der Waals surface area contributed by atoms with Crippen molar-refractivity contribution in [2.45, 2.75) is 393 Å². The highest BCUT2D eigenvalue weighted by molar-refractivity contribution is 5.71. The van der Waals surface area contributed by atoms with Crippen LogP contribution in [0.2, 0.25) is 0 Å². The van der Waals surface area contributed by atoms with E-state index in [0.29, 0.717) is 19.3 Å². The predicted molar refractivity (Wildman–Crippen MR) is 330 cm³/mol. The second-order valence-electron chi connectivity index (χ2n) is 23.4. The molecule has 1 atom stereocenters. The number of unbranched alkanes of at least 4 members (excludes halogenated alkanes) is 49. The maximum Gasteiger partial charge on any atom is 0.306 e. The van der Waals surface area contributed by atoms with Crippen molar-refractivity contribution in [2.75, 3.05) is 13.2 Å². The SMILES string of the molecule is CCCCCCCCC/C=C\CCCCCCCC(=O)OC(COC(=O)CCCCCCCCC)COC(=O)CCCCCCCCCCCCCCCCCCCCCCCCC/C=C\CCCCCCCCCC. The van der Waals surface area contributed by atoms with Crippen LogP contribution in [0, 0.1) is 0 Å². The molecule has 0 aromatic rings. The first-order valence-electron chi connectivity index (χ1n) is 34.3. The Hall–Kier alpha value is -2.11. The molecular weight excluding hydrogens is 937 g/mol. The molecule has 0 fully saturated rings.